The van der Waals surface area contributed by atoms with Gasteiger partial charge in [-0.05, 0) is 30.5 Å². The Labute approximate surface area is 99.9 Å². The topological polar surface area (TPSA) is 35.2 Å². The maximum Gasteiger partial charge on any atom is 0.120 e. The molecule has 2 N–H and O–H groups in total. The third kappa shape index (κ3) is 4.67. The Balaban J connectivity index is 2.32. The molecular weight excluding hydrogens is 254 g/mol. The number of benzene rings is 1. The van der Waals surface area contributed by atoms with Gasteiger partial charge in [-0.2, -0.15) is 0 Å². The summed E-state index contributed by atoms with van der Waals surface area (Å²) in [7, 11) is 0. The summed E-state index contributed by atoms with van der Waals surface area (Å²) < 4.78 is 6.63. The second kappa shape index (κ2) is 6.13. The summed E-state index contributed by atoms with van der Waals surface area (Å²) in [4.78, 5) is 0. The van der Waals surface area contributed by atoms with Crippen molar-refractivity contribution in [1.82, 2.24) is 0 Å². The van der Waals surface area contributed by atoms with Crippen LogP contribution in [0.3, 0.4) is 0 Å². The number of hydrogen-bond donors (Lipinski definition) is 1. The van der Waals surface area contributed by atoms with Gasteiger partial charge in [0.25, 0.3) is 0 Å². The van der Waals surface area contributed by atoms with Crippen LogP contribution in [0.15, 0.2) is 28.7 Å². The van der Waals surface area contributed by atoms with E-state index in [1.165, 1.54) is 0 Å². The van der Waals surface area contributed by atoms with Gasteiger partial charge in [-0.25, -0.2) is 0 Å². The van der Waals surface area contributed by atoms with Crippen molar-refractivity contribution in [2.75, 3.05) is 6.61 Å². The minimum atomic E-state index is 0.220. The largest absolute Gasteiger partial charge is 0.493 e. The molecule has 3 heteroatoms. The Morgan fingerprint density at radius 3 is 2.73 bits per heavy atom. The predicted octanol–water partition coefficient (Wildman–Crippen LogP) is 3.20. The number of halogens is 1. The third-order valence-corrected chi connectivity index (χ3v) is 2.87. The van der Waals surface area contributed by atoms with Crippen LogP contribution in [0, 0.1) is 5.92 Å². The fourth-order valence-electron chi connectivity index (χ4n) is 1.20. The van der Waals surface area contributed by atoms with Crippen LogP contribution in [-0.2, 0) is 0 Å². The Morgan fingerprint density at radius 2 is 2.13 bits per heavy atom. The zero-order valence-corrected chi connectivity index (χ0v) is 10.8. The number of hydrogen-bond acceptors (Lipinski definition) is 2. The van der Waals surface area contributed by atoms with Crippen LogP contribution in [0.5, 0.6) is 5.75 Å². The first kappa shape index (κ1) is 12.5. The summed E-state index contributed by atoms with van der Waals surface area (Å²) in [6.07, 6.45) is 0.893. The number of rotatable bonds is 5. The highest BCUT2D eigenvalue weighted by Crippen LogP contribution is 2.18. The molecule has 15 heavy (non-hydrogen) atoms. The van der Waals surface area contributed by atoms with E-state index in [1.54, 1.807) is 0 Å². The van der Waals surface area contributed by atoms with Crippen molar-refractivity contribution in [3.63, 3.8) is 0 Å². The molecule has 0 aromatic heterocycles. The van der Waals surface area contributed by atoms with Crippen molar-refractivity contribution >= 4 is 15.9 Å². The van der Waals surface area contributed by atoms with E-state index in [9.17, 15) is 0 Å². The lowest BCUT2D eigenvalue weighted by Gasteiger charge is -2.15. The molecule has 1 rings (SSSR count). The highest BCUT2D eigenvalue weighted by molar-refractivity contribution is 9.10. The molecule has 0 amide bonds. The molecule has 1 aromatic rings. The van der Waals surface area contributed by atoms with E-state index in [0.29, 0.717) is 12.5 Å². The van der Waals surface area contributed by atoms with Crippen LogP contribution in [0.4, 0.5) is 0 Å². The second-order valence-corrected chi connectivity index (χ2v) is 4.92. The van der Waals surface area contributed by atoms with Gasteiger partial charge in [0.05, 0.1) is 6.61 Å². The van der Waals surface area contributed by atoms with E-state index in [0.717, 1.165) is 16.6 Å². The Kier molecular flexibility index (Phi) is 5.12. The molecule has 1 unspecified atom stereocenters. The van der Waals surface area contributed by atoms with Crippen LogP contribution in [0.2, 0.25) is 0 Å². The van der Waals surface area contributed by atoms with Gasteiger partial charge in [0.1, 0.15) is 5.75 Å². The fraction of sp³-hybridized carbons (Fsp3) is 0.500. The van der Waals surface area contributed by atoms with Crippen molar-refractivity contribution in [2.45, 2.75) is 26.3 Å². The Morgan fingerprint density at radius 1 is 1.40 bits per heavy atom. The maximum atomic E-state index is 5.92. The average Bonchev–Trinajstić information content (AvgIpc) is 2.17. The van der Waals surface area contributed by atoms with Gasteiger partial charge < -0.3 is 10.5 Å². The molecule has 0 heterocycles. The first-order chi connectivity index (χ1) is 7.09. The Bertz CT molecular complexity index is 301. The molecule has 1 aromatic carbocycles. The van der Waals surface area contributed by atoms with Gasteiger partial charge in [0, 0.05) is 10.5 Å². The van der Waals surface area contributed by atoms with Crippen LogP contribution < -0.4 is 10.5 Å². The summed E-state index contributed by atoms with van der Waals surface area (Å²) in [6.45, 7) is 4.93. The molecule has 0 bridgehead atoms. The average molecular weight is 272 g/mol. The maximum absolute atomic E-state index is 5.92. The first-order valence-electron chi connectivity index (χ1n) is 5.23. The Hall–Kier alpha value is -0.540. The molecule has 0 aliphatic carbocycles. The second-order valence-electron chi connectivity index (χ2n) is 4.00. The summed E-state index contributed by atoms with van der Waals surface area (Å²) >= 11 is 3.40. The van der Waals surface area contributed by atoms with Crippen molar-refractivity contribution in [3.8, 4) is 5.75 Å². The van der Waals surface area contributed by atoms with E-state index >= 15 is 0 Å². The highest BCUT2D eigenvalue weighted by Gasteiger charge is 2.07. The highest BCUT2D eigenvalue weighted by atomic mass is 79.9. The summed E-state index contributed by atoms with van der Waals surface area (Å²) in [5.41, 5.74) is 5.92. The molecule has 0 saturated carbocycles. The molecule has 84 valence electrons. The van der Waals surface area contributed by atoms with Crippen LogP contribution in [0.1, 0.15) is 20.3 Å². The van der Waals surface area contributed by atoms with Gasteiger partial charge in [-0.1, -0.05) is 35.8 Å². The lowest BCUT2D eigenvalue weighted by molar-refractivity contribution is 0.282. The standard InChI is InChI=1S/C12H18BrNO/c1-9(2)12(14)6-7-15-11-5-3-4-10(13)8-11/h3-5,8-9,12H,6-7,14H2,1-2H3. The van der Waals surface area contributed by atoms with Crippen molar-refractivity contribution in [2.24, 2.45) is 11.7 Å². The molecule has 0 fully saturated rings. The van der Waals surface area contributed by atoms with Crippen LogP contribution in [0.25, 0.3) is 0 Å². The molecular formula is C12H18BrNO. The van der Waals surface area contributed by atoms with E-state index in [-0.39, 0.29) is 6.04 Å². The van der Waals surface area contributed by atoms with Crippen molar-refractivity contribution in [1.29, 1.82) is 0 Å². The van der Waals surface area contributed by atoms with E-state index in [2.05, 4.69) is 29.8 Å². The molecule has 0 aliphatic heterocycles. The van der Waals surface area contributed by atoms with Gasteiger partial charge in [0.15, 0.2) is 0 Å². The molecule has 2 nitrogen and oxygen atoms in total. The minimum absolute atomic E-state index is 0.220. The van der Waals surface area contributed by atoms with Crippen LogP contribution >= 0.6 is 15.9 Å². The van der Waals surface area contributed by atoms with Crippen molar-refractivity contribution < 1.29 is 4.74 Å². The molecule has 0 radical (unpaired) electrons. The van der Waals surface area contributed by atoms with Gasteiger partial charge in [-0.3, -0.25) is 0 Å². The molecule has 0 aliphatic rings. The normalized spacial score (nSPS) is 12.9. The monoisotopic (exact) mass is 271 g/mol. The first-order valence-corrected chi connectivity index (χ1v) is 6.03. The lowest BCUT2D eigenvalue weighted by atomic mass is 10.0. The van der Waals surface area contributed by atoms with E-state index in [1.807, 2.05) is 24.3 Å². The quantitative estimate of drug-likeness (QED) is 0.893. The van der Waals surface area contributed by atoms with Gasteiger partial charge in [-0.15, -0.1) is 0 Å². The van der Waals surface area contributed by atoms with Crippen LogP contribution in [-0.4, -0.2) is 12.6 Å². The zero-order chi connectivity index (χ0) is 11.3. The summed E-state index contributed by atoms with van der Waals surface area (Å²) in [6, 6.07) is 8.07. The SMILES string of the molecule is CC(C)C(N)CCOc1cccc(Br)c1. The van der Waals surface area contributed by atoms with Gasteiger partial charge in [0.2, 0.25) is 0 Å². The van der Waals surface area contributed by atoms with Crippen molar-refractivity contribution in [3.05, 3.63) is 28.7 Å². The summed E-state index contributed by atoms with van der Waals surface area (Å²) in [5, 5.41) is 0. The minimum Gasteiger partial charge on any atom is -0.493 e. The summed E-state index contributed by atoms with van der Waals surface area (Å²) in [5.74, 6) is 1.40. The molecule has 0 spiro atoms. The molecule has 0 saturated heterocycles. The smallest absolute Gasteiger partial charge is 0.120 e. The van der Waals surface area contributed by atoms with E-state index in [4.69, 9.17) is 10.5 Å². The predicted molar refractivity (Wildman–Crippen MR) is 67.1 cm³/mol. The van der Waals surface area contributed by atoms with Gasteiger partial charge >= 0.3 is 0 Å². The number of ether oxygens (including phenoxy) is 1. The molecule has 1 atom stereocenters. The van der Waals surface area contributed by atoms with E-state index < -0.39 is 0 Å². The third-order valence-electron chi connectivity index (χ3n) is 2.37. The zero-order valence-electron chi connectivity index (χ0n) is 9.24. The fourth-order valence-corrected chi connectivity index (χ4v) is 1.58. The lowest BCUT2D eigenvalue weighted by Crippen LogP contribution is -2.28. The number of nitrogens with two attached hydrogens (primary N) is 1.